The number of amides is 1. The van der Waals surface area contributed by atoms with Crippen molar-refractivity contribution in [2.75, 3.05) is 31.9 Å². The van der Waals surface area contributed by atoms with E-state index >= 15 is 0 Å². The minimum atomic E-state index is -0.197. The first-order chi connectivity index (χ1) is 12.9. The van der Waals surface area contributed by atoms with E-state index in [1.807, 2.05) is 25.7 Å². The molecule has 1 N–H and O–H groups in total. The molecular formula is C19H29N6OS+. The van der Waals surface area contributed by atoms with Crippen molar-refractivity contribution < 1.29 is 9.69 Å². The molecule has 1 amide bonds. The van der Waals surface area contributed by atoms with Gasteiger partial charge in [-0.3, -0.25) is 4.79 Å². The maximum Gasteiger partial charge on any atom is 0.233 e. The quantitative estimate of drug-likeness (QED) is 0.773. The third-order valence-electron chi connectivity index (χ3n) is 5.07. The van der Waals surface area contributed by atoms with Crippen LogP contribution in [-0.4, -0.2) is 62.9 Å². The van der Waals surface area contributed by atoms with Gasteiger partial charge in [0, 0.05) is 5.56 Å². The molecule has 0 saturated carbocycles. The van der Waals surface area contributed by atoms with Gasteiger partial charge in [-0.15, -0.1) is 5.10 Å². The van der Waals surface area contributed by atoms with E-state index in [4.69, 9.17) is 0 Å². The van der Waals surface area contributed by atoms with Gasteiger partial charge in [0.2, 0.25) is 11.1 Å². The lowest BCUT2D eigenvalue weighted by atomic mass is 10.1. The Labute approximate surface area is 165 Å². The molecule has 1 saturated heterocycles. The Kier molecular flexibility index (Phi) is 6.16. The third kappa shape index (κ3) is 4.87. The molecule has 27 heavy (non-hydrogen) atoms. The second-order valence-corrected chi connectivity index (χ2v) is 8.95. The van der Waals surface area contributed by atoms with Crippen LogP contribution in [0.2, 0.25) is 0 Å². The molecule has 1 fully saturated rings. The fraction of sp³-hybridized carbons (Fsp3) is 0.579. The molecule has 1 aliphatic heterocycles. The first kappa shape index (κ1) is 19.8. The number of nitrogens with one attached hydrogen (secondary N) is 1. The summed E-state index contributed by atoms with van der Waals surface area (Å²) in [5.41, 5.74) is 1.16. The summed E-state index contributed by atoms with van der Waals surface area (Å²) in [6, 6.07) is 11.1. The Bertz CT molecular complexity index is 749. The van der Waals surface area contributed by atoms with Gasteiger partial charge < -0.3 is 9.80 Å². The van der Waals surface area contributed by atoms with Gasteiger partial charge in [-0.25, -0.2) is 4.68 Å². The number of carbonyl (C=O) groups is 1. The lowest BCUT2D eigenvalue weighted by Gasteiger charge is -2.35. The van der Waals surface area contributed by atoms with Crippen molar-refractivity contribution in [2.24, 2.45) is 0 Å². The maximum absolute atomic E-state index is 12.6. The molecule has 0 bridgehead atoms. The molecule has 1 aromatic heterocycles. The number of quaternary nitrogens is 1. The highest BCUT2D eigenvalue weighted by molar-refractivity contribution is 7.99. The summed E-state index contributed by atoms with van der Waals surface area (Å²) in [7, 11) is 0. The summed E-state index contributed by atoms with van der Waals surface area (Å²) in [5, 5.41) is 12.5. The van der Waals surface area contributed by atoms with Gasteiger partial charge in [0.05, 0.1) is 37.5 Å². The average molecular weight is 390 g/mol. The van der Waals surface area contributed by atoms with E-state index in [9.17, 15) is 4.79 Å². The van der Waals surface area contributed by atoms with Crippen molar-refractivity contribution >= 4 is 17.7 Å². The largest absolute Gasteiger partial charge is 0.331 e. The maximum atomic E-state index is 12.6. The number of tetrazole rings is 1. The van der Waals surface area contributed by atoms with Crippen molar-refractivity contribution in [2.45, 2.75) is 44.4 Å². The molecule has 0 aliphatic carbocycles. The molecule has 0 radical (unpaired) electrons. The molecular weight excluding hydrogens is 360 g/mol. The summed E-state index contributed by atoms with van der Waals surface area (Å²) in [6.07, 6.45) is 0. The smallest absolute Gasteiger partial charge is 0.233 e. The van der Waals surface area contributed by atoms with E-state index in [0.29, 0.717) is 17.0 Å². The number of nitrogens with zero attached hydrogens (tertiary/aromatic N) is 5. The fourth-order valence-electron chi connectivity index (χ4n) is 3.36. The van der Waals surface area contributed by atoms with Gasteiger partial charge in [0.25, 0.3) is 0 Å². The molecule has 1 aromatic carbocycles. The van der Waals surface area contributed by atoms with Gasteiger partial charge in [0.15, 0.2) is 0 Å². The lowest BCUT2D eigenvalue weighted by Crippen LogP contribution is -3.14. The van der Waals surface area contributed by atoms with Crippen molar-refractivity contribution in [3.8, 4) is 0 Å². The highest BCUT2D eigenvalue weighted by Gasteiger charge is 2.28. The zero-order valence-corrected chi connectivity index (χ0v) is 17.4. The molecule has 7 nitrogen and oxygen atoms in total. The Hall–Kier alpha value is -1.93. The second-order valence-electron chi connectivity index (χ2n) is 8.00. The number of rotatable bonds is 5. The van der Waals surface area contributed by atoms with Crippen molar-refractivity contribution in [1.82, 2.24) is 25.1 Å². The first-order valence-electron chi connectivity index (χ1n) is 9.45. The predicted molar refractivity (Wildman–Crippen MR) is 106 cm³/mol. The van der Waals surface area contributed by atoms with Crippen molar-refractivity contribution in [3.05, 3.63) is 35.9 Å². The molecule has 0 spiro atoms. The lowest BCUT2D eigenvalue weighted by molar-refractivity contribution is -0.933. The van der Waals surface area contributed by atoms with Gasteiger partial charge in [-0.2, -0.15) is 0 Å². The number of carbonyl (C=O) groups excluding carboxylic acids is 1. The van der Waals surface area contributed by atoms with Crippen LogP contribution in [0.4, 0.5) is 0 Å². The van der Waals surface area contributed by atoms with Gasteiger partial charge in [-0.05, 0) is 38.1 Å². The Morgan fingerprint density at radius 3 is 2.52 bits per heavy atom. The van der Waals surface area contributed by atoms with E-state index < -0.39 is 0 Å². The van der Waals surface area contributed by atoms with Gasteiger partial charge in [-0.1, -0.05) is 42.1 Å². The number of hydrogen-bond acceptors (Lipinski definition) is 5. The van der Waals surface area contributed by atoms with E-state index in [1.165, 1.54) is 22.2 Å². The Balaban J connectivity index is 1.50. The molecule has 8 heteroatoms. The standard InChI is InChI=1S/C19H28N6OS/c1-15(16-8-6-5-7-9-16)23-10-12-24(13-11-23)17(26)14-27-18-20-21-22-25(18)19(2,3)4/h5-9,15H,10-14H2,1-4H3/p+1/t15-/m1/s1. The SMILES string of the molecule is C[C@H](c1ccccc1)[NH+]1CCN(C(=O)CSc2nnnn2C(C)(C)C)CC1. The van der Waals surface area contributed by atoms with Crippen LogP contribution < -0.4 is 4.90 Å². The molecule has 2 aromatic rings. The predicted octanol–water partition coefficient (Wildman–Crippen LogP) is 1.01. The minimum Gasteiger partial charge on any atom is -0.331 e. The van der Waals surface area contributed by atoms with Crippen LogP contribution in [0.1, 0.15) is 39.3 Å². The van der Waals surface area contributed by atoms with E-state index in [2.05, 4.69) is 52.8 Å². The van der Waals surface area contributed by atoms with Crippen LogP contribution in [-0.2, 0) is 10.3 Å². The third-order valence-corrected chi connectivity index (χ3v) is 5.98. The number of thioether (sulfide) groups is 1. The van der Waals surface area contributed by atoms with Crippen LogP contribution in [0.3, 0.4) is 0 Å². The normalized spacial score (nSPS) is 17.1. The summed E-state index contributed by atoms with van der Waals surface area (Å²) >= 11 is 1.42. The summed E-state index contributed by atoms with van der Waals surface area (Å²) in [5.74, 6) is 0.537. The van der Waals surface area contributed by atoms with E-state index in [0.717, 1.165) is 26.2 Å². The summed E-state index contributed by atoms with van der Waals surface area (Å²) in [6.45, 7) is 12.0. The summed E-state index contributed by atoms with van der Waals surface area (Å²) < 4.78 is 1.77. The van der Waals surface area contributed by atoms with Crippen molar-refractivity contribution in [1.29, 1.82) is 0 Å². The zero-order valence-electron chi connectivity index (χ0n) is 16.6. The molecule has 0 unspecified atom stereocenters. The molecule has 1 aliphatic rings. The number of hydrogen-bond donors (Lipinski definition) is 1. The van der Waals surface area contributed by atoms with Crippen LogP contribution in [0.25, 0.3) is 0 Å². The number of benzene rings is 1. The van der Waals surface area contributed by atoms with E-state index in [-0.39, 0.29) is 11.4 Å². The molecule has 3 rings (SSSR count). The van der Waals surface area contributed by atoms with Gasteiger partial charge in [0.1, 0.15) is 6.04 Å². The Morgan fingerprint density at radius 1 is 1.22 bits per heavy atom. The molecule has 1 atom stereocenters. The van der Waals surface area contributed by atoms with Crippen LogP contribution >= 0.6 is 11.8 Å². The van der Waals surface area contributed by atoms with Crippen molar-refractivity contribution in [3.63, 3.8) is 0 Å². The Morgan fingerprint density at radius 2 is 1.89 bits per heavy atom. The number of piperazine rings is 1. The minimum absolute atomic E-state index is 0.162. The summed E-state index contributed by atoms with van der Waals surface area (Å²) in [4.78, 5) is 16.1. The fourth-order valence-corrected chi connectivity index (χ4v) is 4.32. The van der Waals surface area contributed by atoms with E-state index in [1.54, 1.807) is 4.68 Å². The second kappa shape index (κ2) is 8.39. The topological polar surface area (TPSA) is 68.3 Å². The average Bonchev–Trinajstić information content (AvgIpc) is 3.15. The van der Waals surface area contributed by atoms with Gasteiger partial charge >= 0.3 is 0 Å². The van der Waals surface area contributed by atoms with Crippen LogP contribution in [0, 0.1) is 0 Å². The monoisotopic (exact) mass is 389 g/mol. The number of aromatic nitrogens is 4. The first-order valence-corrected chi connectivity index (χ1v) is 10.4. The highest BCUT2D eigenvalue weighted by atomic mass is 32.2. The van der Waals surface area contributed by atoms with Crippen LogP contribution in [0.15, 0.2) is 35.5 Å². The van der Waals surface area contributed by atoms with Crippen LogP contribution in [0.5, 0.6) is 0 Å². The zero-order chi connectivity index (χ0) is 19.4. The highest BCUT2D eigenvalue weighted by Crippen LogP contribution is 2.21. The molecule has 2 heterocycles. The molecule has 146 valence electrons.